The molecule has 2 heterocycles. The van der Waals surface area contributed by atoms with E-state index in [0.717, 1.165) is 22.5 Å². The average Bonchev–Trinajstić information content (AvgIpc) is 2.86. The van der Waals surface area contributed by atoms with Crippen molar-refractivity contribution in [1.29, 1.82) is 0 Å². The minimum atomic E-state index is -0.797. The zero-order valence-corrected chi connectivity index (χ0v) is 12.5. The number of nitrogens with two attached hydrogens (primary N) is 1. The molecular formula is C11H17N5OS2. The van der Waals surface area contributed by atoms with Crippen molar-refractivity contribution in [3.8, 4) is 0 Å². The lowest BCUT2D eigenvalue weighted by molar-refractivity contribution is 0.672. The number of hydrogen-bond acceptors (Lipinski definition) is 7. The van der Waals surface area contributed by atoms with Crippen molar-refractivity contribution in [2.24, 2.45) is 5.84 Å². The molecule has 6 nitrogen and oxygen atoms in total. The fourth-order valence-electron chi connectivity index (χ4n) is 1.61. The first-order valence-electron chi connectivity index (χ1n) is 5.89. The number of hydrazine groups is 1. The van der Waals surface area contributed by atoms with Gasteiger partial charge >= 0.3 is 0 Å². The maximum absolute atomic E-state index is 11.3. The number of nitrogens with one attached hydrogen (secondary N) is 2. The molecule has 2 unspecified atom stereocenters. The van der Waals surface area contributed by atoms with Gasteiger partial charge in [0.2, 0.25) is 5.95 Å². The molecule has 4 N–H and O–H groups in total. The van der Waals surface area contributed by atoms with Crippen molar-refractivity contribution in [3.63, 3.8) is 0 Å². The first kappa shape index (κ1) is 14.2. The highest BCUT2D eigenvalue weighted by atomic mass is 32.2. The Bertz CT molecular complexity index is 585. The predicted molar refractivity (Wildman–Crippen MR) is 81.9 cm³/mol. The molecule has 19 heavy (non-hydrogen) atoms. The molecule has 0 aliphatic rings. The quantitative estimate of drug-likeness (QED) is 0.553. The molecule has 0 aliphatic heterocycles. The van der Waals surface area contributed by atoms with Gasteiger partial charge in [-0.3, -0.25) is 9.63 Å². The van der Waals surface area contributed by atoms with E-state index in [-0.39, 0.29) is 5.25 Å². The maximum atomic E-state index is 11.3. The third-order valence-electron chi connectivity index (χ3n) is 2.86. The Balaban J connectivity index is 2.11. The molecule has 0 saturated carbocycles. The second-order valence-electron chi connectivity index (χ2n) is 4.20. The number of hydrogen-bond donors (Lipinski definition) is 3. The number of nitrogen functional groups attached to an aromatic ring is 1. The van der Waals surface area contributed by atoms with Gasteiger partial charge in [0, 0.05) is 28.9 Å². The summed E-state index contributed by atoms with van der Waals surface area (Å²) in [4.78, 5) is 9.46. The SMILES string of the molecule is CC(CCNc1nc(NN)nc2sccc12)S(C)=O. The Kier molecular flexibility index (Phi) is 4.67. The van der Waals surface area contributed by atoms with Crippen molar-refractivity contribution >= 4 is 44.1 Å². The number of aromatic nitrogens is 2. The standard InChI is InChI=1S/C11H17N5OS2/c1-7(19(2)17)3-5-13-9-8-4-6-18-10(8)15-11(14-9)16-12/h4,6-7H,3,5,12H2,1-2H3,(H2,13,14,15,16). The molecule has 2 rings (SSSR count). The third kappa shape index (κ3) is 3.40. The summed E-state index contributed by atoms with van der Waals surface area (Å²) in [7, 11) is -0.797. The normalized spacial score (nSPS) is 14.3. The van der Waals surface area contributed by atoms with Crippen LogP contribution in [0.1, 0.15) is 13.3 Å². The Hall–Kier alpha value is -1.25. The Morgan fingerprint density at radius 3 is 3.00 bits per heavy atom. The van der Waals surface area contributed by atoms with E-state index in [4.69, 9.17) is 5.84 Å². The molecular weight excluding hydrogens is 282 g/mol. The van der Waals surface area contributed by atoms with Gasteiger partial charge in [0.25, 0.3) is 0 Å². The van der Waals surface area contributed by atoms with Crippen LogP contribution in [0.15, 0.2) is 11.4 Å². The molecule has 0 aliphatic carbocycles. The fourth-order valence-corrected chi connectivity index (χ4v) is 2.83. The number of anilines is 2. The Morgan fingerprint density at radius 1 is 1.53 bits per heavy atom. The summed E-state index contributed by atoms with van der Waals surface area (Å²) in [6.45, 7) is 2.69. The van der Waals surface area contributed by atoms with Crippen LogP contribution in [-0.4, -0.2) is 32.2 Å². The lowest BCUT2D eigenvalue weighted by atomic mass is 10.3. The largest absolute Gasteiger partial charge is 0.369 e. The van der Waals surface area contributed by atoms with E-state index < -0.39 is 10.8 Å². The maximum Gasteiger partial charge on any atom is 0.240 e. The first-order chi connectivity index (χ1) is 9.11. The number of rotatable bonds is 6. The van der Waals surface area contributed by atoms with Gasteiger partial charge in [-0.05, 0) is 17.9 Å². The predicted octanol–water partition coefficient (Wildman–Crippen LogP) is 1.55. The average molecular weight is 299 g/mol. The van der Waals surface area contributed by atoms with Gasteiger partial charge in [-0.15, -0.1) is 11.3 Å². The summed E-state index contributed by atoms with van der Waals surface area (Å²) in [6, 6.07) is 1.98. The lowest BCUT2D eigenvalue weighted by Gasteiger charge is -2.11. The van der Waals surface area contributed by atoms with Crippen LogP contribution in [0, 0.1) is 0 Å². The summed E-state index contributed by atoms with van der Waals surface area (Å²) in [5, 5.41) is 6.37. The van der Waals surface area contributed by atoms with Crippen molar-refractivity contribution < 1.29 is 4.21 Å². The minimum absolute atomic E-state index is 0.166. The summed E-state index contributed by atoms with van der Waals surface area (Å²) in [5.41, 5.74) is 2.46. The van der Waals surface area contributed by atoms with Gasteiger partial charge < -0.3 is 5.32 Å². The Labute approximate surface area is 118 Å². The van der Waals surface area contributed by atoms with Crippen LogP contribution in [0.25, 0.3) is 10.2 Å². The van der Waals surface area contributed by atoms with Gasteiger partial charge in [-0.25, -0.2) is 10.8 Å². The van der Waals surface area contributed by atoms with Gasteiger partial charge in [-0.1, -0.05) is 6.92 Å². The van der Waals surface area contributed by atoms with Gasteiger partial charge in [0.15, 0.2) is 0 Å². The van der Waals surface area contributed by atoms with Gasteiger partial charge in [-0.2, -0.15) is 4.98 Å². The molecule has 0 aromatic carbocycles. The van der Waals surface area contributed by atoms with E-state index in [1.807, 2.05) is 18.4 Å². The smallest absolute Gasteiger partial charge is 0.240 e. The van der Waals surface area contributed by atoms with Crippen LogP contribution in [0.2, 0.25) is 0 Å². The highest BCUT2D eigenvalue weighted by Gasteiger charge is 2.09. The molecule has 104 valence electrons. The molecule has 0 fully saturated rings. The number of thiophene rings is 1. The highest BCUT2D eigenvalue weighted by molar-refractivity contribution is 7.84. The molecule has 0 amide bonds. The number of nitrogens with zero attached hydrogens (tertiary/aromatic N) is 2. The van der Waals surface area contributed by atoms with E-state index in [1.54, 1.807) is 17.6 Å². The Morgan fingerprint density at radius 2 is 2.32 bits per heavy atom. The summed E-state index contributed by atoms with van der Waals surface area (Å²) >= 11 is 1.54. The molecule has 0 spiro atoms. The molecule has 8 heteroatoms. The van der Waals surface area contributed by atoms with Crippen LogP contribution in [0.5, 0.6) is 0 Å². The monoisotopic (exact) mass is 299 g/mol. The van der Waals surface area contributed by atoms with Crippen LogP contribution in [0.3, 0.4) is 0 Å². The van der Waals surface area contributed by atoms with Crippen molar-refractivity contribution in [1.82, 2.24) is 9.97 Å². The first-order valence-corrected chi connectivity index (χ1v) is 8.40. The van der Waals surface area contributed by atoms with Crippen LogP contribution in [-0.2, 0) is 10.8 Å². The highest BCUT2D eigenvalue weighted by Crippen LogP contribution is 2.26. The zero-order valence-electron chi connectivity index (χ0n) is 10.8. The second kappa shape index (κ2) is 6.27. The van der Waals surface area contributed by atoms with Crippen LogP contribution in [0.4, 0.5) is 11.8 Å². The third-order valence-corrected chi connectivity index (χ3v) is 5.04. The topological polar surface area (TPSA) is 92.9 Å². The van der Waals surface area contributed by atoms with Crippen LogP contribution >= 0.6 is 11.3 Å². The van der Waals surface area contributed by atoms with Crippen molar-refractivity contribution in [3.05, 3.63) is 11.4 Å². The molecule has 0 bridgehead atoms. The summed E-state index contributed by atoms with van der Waals surface area (Å²) in [6.07, 6.45) is 2.55. The molecule has 0 saturated heterocycles. The van der Waals surface area contributed by atoms with E-state index in [1.165, 1.54) is 0 Å². The van der Waals surface area contributed by atoms with Crippen LogP contribution < -0.4 is 16.6 Å². The molecule has 0 radical (unpaired) electrons. The van der Waals surface area contributed by atoms with E-state index in [9.17, 15) is 4.21 Å². The van der Waals surface area contributed by atoms with Gasteiger partial charge in [0.1, 0.15) is 10.6 Å². The fraction of sp³-hybridized carbons (Fsp3) is 0.455. The molecule has 2 atom stereocenters. The summed E-state index contributed by atoms with van der Waals surface area (Å²) < 4.78 is 11.3. The van der Waals surface area contributed by atoms with Crippen molar-refractivity contribution in [2.45, 2.75) is 18.6 Å². The van der Waals surface area contributed by atoms with Gasteiger partial charge in [0.05, 0.1) is 5.39 Å². The van der Waals surface area contributed by atoms with E-state index in [0.29, 0.717) is 12.5 Å². The molecule has 2 aromatic rings. The van der Waals surface area contributed by atoms with Crippen molar-refractivity contribution in [2.75, 3.05) is 23.5 Å². The summed E-state index contributed by atoms with van der Waals surface area (Å²) in [5.74, 6) is 6.51. The lowest BCUT2D eigenvalue weighted by Crippen LogP contribution is -2.16. The minimum Gasteiger partial charge on any atom is -0.369 e. The zero-order chi connectivity index (χ0) is 13.8. The van der Waals surface area contributed by atoms with E-state index in [2.05, 4.69) is 20.7 Å². The van der Waals surface area contributed by atoms with E-state index >= 15 is 0 Å². The molecule has 2 aromatic heterocycles. The number of fused-ring (bicyclic) bond motifs is 1. The second-order valence-corrected chi connectivity index (χ2v) is 6.90.